The van der Waals surface area contributed by atoms with Crippen LogP contribution in [0.25, 0.3) is 0 Å². The van der Waals surface area contributed by atoms with E-state index in [2.05, 4.69) is 29.9 Å². The molecular formula is C19H22N4O. The molecule has 0 aliphatic rings. The van der Waals surface area contributed by atoms with E-state index in [0.29, 0.717) is 23.7 Å². The van der Waals surface area contributed by atoms with Gasteiger partial charge >= 0.3 is 0 Å². The van der Waals surface area contributed by atoms with Crippen LogP contribution in [0.5, 0.6) is 0 Å². The monoisotopic (exact) mass is 322 g/mol. The summed E-state index contributed by atoms with van der Waals surface area (Å²) in [6.45, 7) is 8.62. The van der Waals surface area contributed by atoms with Crippen LogP contribution < -0.4 is 0 Å². The summed E-state index contributed by atoms with van der Waals surface area (Å²) in [4.78, 5) is 7.89. The van der Waals surface area contributed by atoms with E-state index in [-0.39, 0.29) is 6.10 Å². The molecule has 24 heavy (non-hydrogen) atoms. The van der Waals surface area contributed by atoms with Crippen molar-refractivity contribution in [2.24, 2.45) is 0 Å². The molecule has 0 spiro atoms. The average Bonchev–Trinajstić information content (AvgIpc) is 2.60. The van der Waals surface area contributed by atoms with Gasteiger partial charge < -0.3 is 4.74 Å². The zero-order chi connectivity index (χ0) is 17.9. The van der Waals surface area contributed by atoms with E-state index >= 15 is 0 Å². The molecule has 0 saturated heterocycles. The summed E-state index contributed by atoms with van der Waals surface area (Å²) in [7, 11) is 0. The quantitative estimate of drug-likeness (QED) is 0.851. The third-order valence-corrected chi connectivity index (χ3v) is 3.06. The molecular weight excluding hydrogens is 300 g/mol. The number of nitrogens with zero attached hydrogens (tertiary/aromatic N) is 4. The SMILES string of the molecule is CC(C)OCc1cncc(C#N)c1.CC(C)c1cncc(C#N)c1. The van der Waals surface area contributed by atoms with Gasteiger partial charge in [-0.2, -0.15) is 10.5 Å². The molecule has 0 atom stereocenters. The van der Waals surface area contributed by atoms with Gasteiger partial charge in [0.2, 0.25) is 0 Å². The Morgan fingerprint density at radius 2 is 1.50 bits per heavy atom. The molecule has 0 fully saturated rings. The van der Waals surface area contributed by atoms with Gasteiger partial charge in [-0.05, 0) is 43.0 Å². The number of ether oxygens (including phenoxy) is 1. The summed E-state index contributed by atoms with van der Waals surface area (Å²) in [5.74, 6) is 0.441. The van der Waals surface area contributed by atoms with E-state index in [9.17, 15) is 0 Å². The van der Waals surface area contributed by atoms with Crippen molar-refractivity contribution in [3.8, 4) is 12.1 Å². The molecule has 0 bridgehead atoms. The minimum Gasteiger partial charge on any atom is -0.374 e. The zero-order valence-corrected chi connectivity index (χ0v) is 14.5. The van der Waals surface area contributed by atoms with Gasteiger partial charge in [0.05, 0.1) is 23.8 Å². The first kappa shape index (κ1) is 19.3. The fraction of sp³-hybridized carbons (Fsp3) is 0.368. The molecule has 0 aliphatic carbocycles. The zero-order valence-electron chi connectivity index (χ0n) is 14.5. The lowest BCUT2D eigenvalue weighted by atomic mass is 10.0. The van der Waals surface area contributed by atoms with Gasteiger partial charge in [0.25, 0.3) is 0 Å². The van der Waals surface area contributed by atoms with Gasteiger partial charge in [0, 0.05) is 24.8 Å². The van der Waals surface area contributed by atoms with Crippen molar-refractivity contribution in [3.05, 3.63) is 59.2 Å². The van der Waals surface area contributed by atoms with Gasteiger partial charge in [-0.25, -0.2) is 0 Å². The van der Waals surface area contributed by atoms with Gasteiger partial charge in [-0.1, -0.05) is 13.8 Å². The summed E-state index contributed by atoms with van der Waals surface area (Å²) in [5, 5.41) is 17.2. The molecule has 2 aromatic heterocycles. The normalized spacial score (nSPS) is 9.83. The standard InChI is InChI=1S/C10H12N2O.C9H10N2/c1-8(2)13-7-10-3-9(4-11)5-12-6-10;1-7(2)9-3-8(4-10)5-11-6-9/h3,5-6,8H,7H2,1-2H3;3,5-7H,1-2H3. The van der Waals surface area contributed by atoms with E-state index < -0.39 is 0 Å². The summed E-state index contributed by atoms with van der Waals surface area (Å²) < 4.78 is 5.38. The molecule has 5 nitrogen and oxygen atoms in total. The highest BCUT2D eigenvalue weighted by Crippen LogP contribution is 2.13. The Morgan fingerprint density at radius 1 is 0.917 bits per heavy atom. The van der Waals surface area contributed by atoms with E-state index in [0.717, 1.165) is 11.1 Å². The van der Waals surface area contributed by atoms with Gasteiger partial charge in [-0.3, -0.25) is 9.97 Å². The van der Waals surface area contributed by atoms with Crippen molar-refractivity contribution >= 4 is 0 Å². The van der Waals surface area contributed by atoms with Crippen molar-refractivity contribution < 1.29 is 4.74 Å². The summed E-state index contributed by atoms with van der Waals surface area (Å²) >= 11 is 0. The maximum absolute atomic E-state index is 8.61. The molecule has 0 amide bonds. The molecule has 0 unspecified atom stereocenters. The highest BCUT2D eigenvalue weighted by molar-refractivity contribution is 5.30. The smallest absolute Gasteiger partial charge is 0.101 e. The maximum Gasteiger partial charge on any atom is 0.101 e. The minimum atomic E-state index is 0.200. The number of nitriles is 2. The van der Waals surface area contributed by atoms with Gasteiger partial charge in [-0.15, -0.1) is 0 Å². The Bertz CT molecular complexity index is 727. The molecule has 0 radical (unpaired) electrons. The Labute approximate surface area is 143 Å². The highest BCUT2D eigenvalue weighted by atomic mass is 16.5. The summed E-state index contributed by atoms with van der Waals surface area (Å²) in [5.41, 5.74) is 3.26. The van der Waals surface area contributed by atoms with Crippen LogP contribution in [-0.2, 0) is 11.3 Å². The van der Waals surface area contributed by atoms with Crippen LogP contribution in [0.4, 0.5) is 0 Å². The Balaban J connectivity index is 0.000000243. The number of rotatable bonds is 4. The second kappa shape index (κ2) is 10.1. The number of pyridine rings is 2. The Hall–Kier alpha value is -2.76. The van der Waals surface area contributed by atoms with Crippen LogP contribution in [0.1, 0.15) is 55.9 Å². The van der Waals surface area contributed by atoms with E-state index in [1.54, 1.807) is 30.9 Å². The summed E-state index contributed by atoms with van der Waals surface area (Å²) in [6, 6.07) is 7.76. The second-order valence-electron chi connectivity index (χ2n) is 5.83. The fourth-order valence-corrected chi connectivity index (χ4v) is 1.73. The Kier molecular flexibility index (Phi) is 8.11. The van der Waals surface area contributed by atoms with Crippen molar-refractivity contribution in [3.63, 3.8) is 0 Å². The molecule has 0 aromatic carbocycles. The van der Waals surface area contributed by atoms with Crippen LogP contribution in [0.15, 0.2) is 36.9 Å². The molecule has 0 saturated carbocycles. The van der Waals surface area contributed by atoms with Crippen molar-refractivity contribution in [1.29, 1.82) is 10.5 Å². The molecule has 5 heteroatoms. The molecule has 0 N–H and O–H groups in total. The first-order valence-electron chi connectivity index (χ1n) is 7.77. The Morgan fingerprint density at radius 3 is 2.04 bits per heavy atom. The van der Waals surface area contributed by atoms with Crippen molar-refractivity contribution in [2.45, 2.75) is 46.3 Å². The van der Waals surface area contributed by atoms with Gasteiger partial charge in [0.15, 0.2) is 0 Å². The molecule has 124 valence electrons. The molecule has 2 heterocycles. The van der Waals surface area contributed by atoms with E-state index in [1.807, 2.05) is 26.0 Å². The van der Waals surface area contributed by atoms with Gasteiger partial charge in [0.1, 0.15) is 12.1 Å². The van der Waals surface area contributed by atoms with Crippen LogP contribution >= 0.6 is 0 Å². The lowest BCUT2D eigenvalue weighted by Gasteiger charge is -2.06. The third-order valence-electron chi connectivity index (χ3n) is 3.06. The van der Waals surface area contributed by atoms with Crippen LogP contribution in [0.3, 0.4) is 0 Å². The first-order chi connectivity index (χ1) is 11.5. The minimum absolute atomic E-state index is 0.200. The predicted molar refractivity (Wildman–Crippen MR) is 91.9 cm³/mol. The van der Waals surface area contributed by atoms with Crippen molar-refractivity contribution in [2.75, 3.05) is 0 Å². The van der Waals surface area contributed by atoms with Crippen LogP contribution in [0, 0.1) is 22.7 Å². The largest absolute Gasteiger partial charge is 0.374 e. The number of aromatic nitrogens is 2. The van der Waals surface area contributed by atoms with Crippen LogP contribution in [0.2, 0.25) is 0 Å². The molecule has 0 aliphatic heterocycles. The van der Waals surface area contributed by atoms with E-state index in [1.165, 1.54) is 0 Å². The molecule has 2 rings (SSSR count). The van der Waals surface area contributed by atoms with Crippen molar-refractivity contribution in [1.82, 2.24) is 9.97 Å². The lowest BCUT2D eigenvalue weighted by molar-refractivity contribution is 0.0655. The fourth-order valence-electron chi connectivity index (χ4n) is 1.73. The third kappa shape index (κ3) is 7.00. The number of hydrogen-bond acceptors (Lipinski definition) is 5. The van der Waals surface area contributed by atoms with Crippen LogP contribution in [-0.4, -0.2) is 16.1 Å². The maximum atomic E-state index is 8.61. The topological polar surface area (TPSA) is 82.6 Å². The lowest BCUT2D eigenvalue weighted by Crippen LogP contribution is -2.02. The van der Waals surface area contributed by atoms with E-state index in [4.69, 9.17) is 15.3 Å². The first-order valence-corrected chi connectivity index (χ1v) is 7.77. The highest BCUT2D eigenvalue weighted by Gasteiger charge is 1.99. The predicted octanol–water partition coefficient (Wildman–Crippen LogP) is 3.95. The average molecular weight is 322 g/mol. The summed E-state index contributed by atoms with van der Waals surface area (Å²) in [6.07, 6.45) is 6.82. The second-order valence-corrected chi connectivity index (χ2v) is 5.83. The number of hydrogen-bond donors (Lipinski definition) is 0. The molecule has 2 aromatic rings.